The van der Waals surface area contributed by atoms with E-state index in [2.05, 4.69) is 9.68 Å². The summed E-state index contributed by atoms with van der Waals surface area (Å²) >= 11 is 0. The summed E-state index contributed by atoms with van der Waals surface area (Å²) in [6, 6.07) is 0. The van der Waals surface area contributed by atoms with Crippen LogP contribution in [0.25, 0.3) is 0 Å². The predicted octanol–water partition coefficient (Wildman–Crippen LogP) is 2.01. The number of halogens is 5. The van der Waals surface area contributed by atoms with Gasteiger partial charge in [0.15, 0.2) is 0 Å². The van der Waals surface area contributed by atoms with Crippen LogP contribution in [0.4, 0.5) is 22.1 Å². The first-order valence-electron chi connectivity index (χ1n) is 2.90. The standard InChI is InChI=1S/C5H7F5O2/c1-11-4(6)3(2-12-10)5(7,8)9/h3-4H,2H2,1H3. The van der Waals surface area contributed by atoms with Crippen LogP contribution < -0.4 is 0 Å². The highest BCUT2D eigenvalue weighted by atomic mass is 19.4. The minimum absolute atomic E-state index is 0.752. The van der Waals surface area contributed by atoms with E-state index < -0.39 is 25.1 Å². The van der Waals surface area contributed by atoms with Crippen LogP contribution in [0.3, 0.4) is 0 Å². The summed E-state index contributed by atoms with van der Waals surface area (Å²) in [4.78, 5) is 2.71. The molecule has 2 nitrogen and oxygen atoms in total. The van der Waals surface area contributed by atoms with Gasteiger partial charge in [0, 0.05) is 7.11 Å². The number of ether oxygens (including phenoxy) is 1. The van der Waals surface area contributed by atoms with Crippen LogP contribution in [-0.2, 0) is 9.68 Å². The second-order valence-electron chi connectivity index (χ2n) is 2.01. The topological polar surface area (TPSA) is 18.5 Å². The van der Waals surface area contributed by atoms with Crippen LogP contribution in [0, 0.1) is 5.92 Å². The Kier molecular flexibility index (Phi) is 4.40. The highest BCUT2D eigenvalue weighted by Crippen LogP contribution is 2.30. The van der Waals surface area contributed by atoms with Crippen LogP contribution in [-0.4, -0.2) is 26.3 Å². The molecule has 0 aromatic carbocycles. The molecule has 2 atom stereocenters. The van der Waals surface area contributed by atoms with E-state index in [0.29, 0.717) is 0 Å². The Labute approximate surface area is 65.2 Å². The smallest absolute Gasteiger partial charge is 0.351 e. The van der Waals surface area contributed by atoms with Crippen LogP contribution in [0.5, 0.6) is 0 Å². The molecule has 0 amide bonds. The molecule has 12 heavy (non-hydrogen) atoms. The molecular formula is C5H7F5O2. The van der Waals surface area contributed by atoms with Gasteiger partial charge in [-0.25, -0.2) is 4.39 Å². The summed E-state index contributed by atoms with van der Waals surface area (Å²) in [7, 11) is 0.752. The van der Waals surface area contributed by atoms with E-state index >= 15 is 0 Å². The molecule has 2 unspecified atom stereocenters. The van der Waals surface area contributed by atoms with Crippen molar-refractivity contribution in [2.75, 3.05) is 13.7 Å². The molecule has 0 aliphatic carbocycles. The van der Waals surface area contributed by atoms with Crippen molar-refractivity contribution < 1.29 is 31.8 Å². The van der Waals surface area contributed by atoms with E-state index in [1.165, 1.54) is 0 Å². The van der Waals surface area contributed by atoms with E-state index in [0.717, 1.165) is 7.11 Å². The molecule has 0 aliphatic heterocycles. The molecule has 0 bridgehead atoms. The maximum Gasteiger partial charge on any atom is 0.399 e. The number of alkyl halides is 4. The Hall–Kier alpha value is -0.430. The maximum atomic E-state index is 12.3. The Morgan fingerprint density at radius 3 is 2.08 bits per heavy atom. The van der Waals surface area contributed by atoms with Crippen LogP contribution >= 0.6 is 0 Å². The fraction of sp³-hybridized carbons (Fsp3) is 1.00. The zero-order chi connectivity index (χ0) is 9.78. The molecule has 0 aliphatic rings. The summed E-state index contributed by atoms with van der Waals surface area (Å²) in [6.07, 6.45) is -7.48. The second-order valence-corrected chi connectivity index (χ2v) is 2.01. The normalized spacial score (nSPS) is 17.5. The lowest BCUT2D eigenvalue weighted by Gasteiger charge is -2.20. The summed E-state index contributed by atoms with van der Waals surface area (Å²) in [5.41, 5.74) is 0. The number of hydrogen-bond acceptors (Lipinski definition) is 2. The van der Waals surface area contributed by atoms with Gasteiger partial charge >= 0.3 is 6.18 Å². The molecular weight excluding hydrogens is 187 g/mol. The van der Waals surface area contributed by atoms with Crippen LogP contribution in [0.2, 0.25) is 0 Å². The van der Waals surface area contributed by atoms with Gasteiger partial charge in [-0.1, -0.05) is 0 Å². The van der Waals surface area contributed by atoms with E-state index in [1.807, 2.05) is 0 Å². The van der Waals surface area contributed by atoms with Gasteiger partial charge in [0.25, 0.3) is 0 Å². The van der Waals surface area contributed by atoms with Gasteiger partial charge in [-0.15, -0.1) is 0 Å². The number of methoxy groups -OCH3 is 1. The average Bonchev–Trinajstić information content (AvgIpc) is 1.96. The van der Waals surface area contributed by atoms with Crippen molar-refractivity contribution in [2.24, 2.45) is 5.92 Å². The van der Waals surface area contributed by atoms with Crippen LogP contribution in [0.15, 0.2) is 0 Å². The summed E-state index contributed by atoms with van der Waals surface area (Å²) in [5, 5.41) is 0. The lowest BCUT2D eigenvalue weighted by atomic mass is 10.1. The minimum atomic E-state index is -4.87. The molecule has 0 radical (unpaired) electrons. The van der Waals surface area contributed by atoms with Gasteiger partial charge < -0.3 is 4.74 Å². The maximum absolute atomic E-state index is 12.3. The molecule has 0 saturated heterocycles. The Morgan fingerprint density at radius 1 is 1.33 bits per heavy atom. The molecule has 0 fully saturated rings. The van der Waals surface area contributed by atoms with Gasteiger partial charge in [-0.05, 0) is 4.53 Å². The van der Waals surface area contributed by atoms with Gasteiger partial charge in [-0.3, -0.25) is 0 Å². The molecule has 7 heteroatoms. The summed E-state index contributed by atoms with van der Waals surface area (Å²) < 4.78 is 62.4. The van der Waals surface area contributed by atoms with Crippen molar-refractivity contribution in [2.45, 2.75) is 12.5 Å². The van der Waals surface area contributed by atoms with Gasteiger partial charge in [0.05, 0.1) is 0 Å². The fourth-order valence-electron chi connectivity index (χ4n) is 0.551. The van der Waals surface area contributed by atoms with Crippen molar-refractivity contribution in [3.8, 4) is 0 Å². The quantitative estimate of drug-likeness (QED) is 0.637. The molecule has 0 spiro atoms. The Morgan fingerprint density at radius 2 is 1.83 bits per heavy atom. The van der Waals surface area contributed by atoms with E-state index in [4.69, 9.17) is 0 Å². The lowest BCUT2D eigenvalue weighted by Crippen LogP contribution is -2.35. The van der Waals surface area contributed by atoms with E-state index in [1.54, 1.807) is 0 Å². The van der Waals surface area contributed by atoms with Crippen molar-refractivity contribution in [1.82, 2.24) is 0 Å². The molecule has 0 aromatic heterocycles. The first-order chi connectivity index (χ1) is 5.43. The number of hydrogen-bond donors (Lipinski definition) is 0. The highest BCUT2D eigenvalue weighted by Gasteiger charge is 2.46. The van der Waals surface area contributed by atoms with E-state index in [-0.39, 0.29) is 0 Å². The largest absolute Gasteiger partial charge is 0.399 e. The first-order valence-corrected chi connectivity index (χ1v) is 2.90. The van der Waals surface area contributed by atoms with Gasteiger partial charge in [0.2, 0.25) is 6.36 Å². The molecule has 0 aromatic rings. The third kappa shape index (κ3) is 3.31. The van der Waals surface area contributed by atoms with Crippen molar-refractivity contribution >= 4 is 0 Å². The molecule has 0 N–H and O–H groups in total. The monoisotopic (exact) mass is 194 g/mol. The molecule has 0 heterocycles. The Bertz CT molecular complexity index is 125. The molecule has 74 valence electrons. The summed E-state index contributed by atoms with van der Waals surface area (Å²) in [5.74, 6) is -2.59. The van der Waals surface area contributed by atoms with Crippen molar-refractivity contribution in [3.63, 3.8) is 0 Å². The Balaban J connectivity index is 4.22. The number of rotatable bonds is 4. The summed E-state index contributed by atoms with van der Waals surface area (Å²) in [6.45, 7) is -1.40. The minimum Gasteiger partial charge on any atom is -0.351 e. The zero-order valence-electron chi connectivity index (χ0n) is 6.07. The highest BCUT2D eigenvalue weighted by molar-refractivity contribution is 4.69. The van der Waals surface area contributed by atoms with Crippen molar-refractivity contribution in [1.29, 1.82) is 0 Å². The average molecular weight is 194 g/mol. The predicted molar refractivity (Wildman–Crippen MR) is 28.5 cm³/mol. The molecule has 0 rings (SSSR count). The third-order valence-electron chi connectivity index (χ3n) is 1.20. The van der Waals surface area contributed by atoms with Crippen LogP contribution in [0.1, 0.15) is 0 Å². The van der Waals surface area contributed by atoms with Gasteiger partial charge in [0.1, 0.15) is 12.5 Å². The molecule has 0 saturated carbocycles. The third-order valence-corrected chi connectivity index (χ3v) is 1.20. The van der Waals surface area contributed by atoms with Crippen molar-refractivity contribution in [3.05, 3.63) is 0 Å². The zero-order valence-corrected chi connectivity index (χ0v) is 6.07. The van der Waals surface area contributed by atoms with Gasteiger partial charge in [-0.2, -0.15) is 18.1 Å². The second kappa shape index (κ2) is 4.56. The fourth-order valence-corrected chi connectivity index (χ4v) is 0.551. The SMILES string of the molecule is COC(F)C(COF)C(F)(F)F. The van der Waals surface area contributed by atoms with E-state index in [9.17, 15) is 22.1 Å². The first kappa shape index (κ1) is 11.6. The lowest BCUT2D eigenvalue weighted by molar-refractivity contribution is -0.266.